The summed E-state index contributed by atoms with van der Waals surface area (Å²) in [6.45, 7) is 0.173. The normalized spacial score (nSPS) is 9.74. The number of hydrogen-bond acceptors (Lipinski definition) is 3. The minimum atomic E-state index is -1.36. The van der Waals surface area contributed by atoms with Gasteiger partial charge < -0.3 is 5.32 Å². The lowest BCUT2D eigenvalue weighted by molar-refractivity contribution is -0.387. The maximum Gasteiger partial charge on any atom is 0.308 e. The molecular weight excluding hydrogens is 258 g/mol. The highest BCUT2D eigenvalue weighted by Gasteiger charge is 2.23. The summed E-state index contributed by atoms with van der Waals surface area (Å²) in [5.74, 6) is -0.982. The molecule has 0 saturated heterocycles. The number of carbonyl (C=O) groups is 1. The molecule has 0 radical (unpaired) electrons. The van der Waals surface area contributed by atoms with Gasteiger partial charge in [-0.2, -0.15) is 4.39 Å². The van der Waals surface area contributed by atoms with Gasteiger partial charge in [-0.15, -0.1) is 12.3 Å². The van der Waals surface area contributed by atoms with E-state index in [-0.39, 0.29) is 6.54 Å². The van der Waals surface area contributed by atoms with E-state index in [2.05, 4.69) is 11.2 Å². The Hall–Kier alpha value is -2.49. The zero-order valence-corrected chi connectivity index (χ0v) is 9.78. The van der Waals surface area contributed by atoms with E-state index in [4.69, 9.17) is 6.42 Å². The second-order valence-electron chi connectivity index (χ2n) is 3.61. The van der Waals surface area contributed by atoms with Crippen molar-refractivity contribution in [2.24, 2.45) is 0 Å². The van der Waals surface area contributed by atoms with Crippen LogP contribution in [0, 0.1) is 34.1 Å². The lowest BCUT2D eigenvalue weighted by Crippen LogP contribution is -2.25. The van der Waals surface area contributed by atoms with Crippen LogP contribution in [0.1, 0.15) is 23.2 Å². The van der Waals surface area contributed by atoms with Gasteiger partial charge in [-0.1, -0.05) is 0 Å². The average Bonchev–Trinajstić information content (AvgIpc) is 2.36. The van der Waals surface area contributed by atoms with Crippen molar-refractivity contribution in [2.45, 2.75) is 12.8 Å². The number of carbonyl (C=O) groups excluding carboxylic acids is 1. The molecule has 0 aliphatic carbocycles. The van der Waals surface area contributed by atoms with Gasteiger partial charge in [0.25, 0.3) is 5.91 Å². The molecular formula is C12H10F2N2O3. The predicted molar refractivity (Wildman–Crippen MR) is 63.4 cm³/mol. The van der Waals surface area contributed by atoms with Gasteiger partial charge in [0.15, 0.2) is 0 Å². The first kappa shape index (κ1) is 14.6. The number of benzene rings is 1. The number of unbranched alkanes of at least 4 members (excludes halogenated alkanes) is 1. The Morgan fingerprint density at radius 3 is 2.74 bits per heavy atom. The van der Waals surface area contributed by atoms with Crippen LogP contribution in [0.15, 0.2) is 12.1 Å². The van der Waals surface area contributed by atoms with Gasteiger partial charge >= 0.3 is 5.69 Å². The summed E-state index contributed by atoms with van der Waals surface area (Å²) < 4.78 is 26.7. The largest absolute Gasteiger partial charge is 0.352 e. The third-order valence-electron chi connectivity index (χ3n) is 2.24. The topological polar surface area (TPSA) is 72.2 Å². The first-order chi connectivity index (χ1) is 8.97. The molecule has 1 N–H and O–H groups in total. The van der Waals surface area contributed by atoms with Gasteiger partial charge in [-0.05, 0) is 12.5 Å². The molecule has 7 heteroatoms. The van der Waals surface area contributed by atoms with Crippen molar-refractivity contribution in [1.82, 2.24) is 5.32 Å². The number of halogens is 2. The lowest BCUT2D eigenvalue weighted by Gasteiger charge is -2.05. The van der Waals surface area contributed by atoms with Gasteiger partial charge in [0.2, 0.25) is 5.82 Å². The van der Waals surface area contributed by atoms with Crippen LogP contribution >= 0.6 is 0 Å². The standard InChI is InChI=1S/C12H10F2N2O3/c1-2-3-4-5-15-12(17)9-6-8(13)7-10(11(9)14)16(18)19/h1,6-7H,3-5H2,(H,15,17). The number of nitro benzene ring substituents is 1. The fourth-order valence-electron chi connectivity index (χ4n) is 1.36. The van der Waals surface area contributed by atoms with Gasteiger partial charge in [0, 0.05) is 13.0 Å². The molecule has 1 aromatic carbocycles. The van der Waals surface area contributed by atoms with Crippen molar-refractivity contribution >= 4 is 11.6 Å². The van der Waals surface area contributed by atoms with Crippen LogP contribution in [0.4, 0.5) is 14.5 Å². The van der Waals surface area contributed by atoms with Gasteiger partial charge in [0.05, 0.1) is 16.6 Å². The van der Waals surface area contributed by atoms with Crippen LogP contribution in [-0.4, -0.2) is 17.4 Å². The molecule has 0 spiro atoms. The van der Waals surface area contributed by atoms with Crippen LogP contribution in [0.25, 0.3) is 0 Å². The number of rotatable bonds is 5. The number of terminal acetylenes is 1. The Morgan fingerprint density at radius 2 is 2.16 bits per heavy atom. The van der Waals surface area contributed by atoms with Crippen molar-refractivity contribution in [3.63, 3.8) is 0 Å². The summed E-state index contributed by atoms with van der Waals surface area (Å²) >= 11 is 0. The number of amides is 1. The summed E-state index contributed by atoms with van der Waals surface area (Å²) in [5.41, 5.74) is -1.78. The zero-order valence-electron chi connectivity index (χ0n) is 9.78. The minimum absolute atomic E-state index is 0.173. The summed E-state index contributed by atoms with van der Waals surface area (Å²) in [4.78, 5) is 21.0. The zero-order chi connectivity index (χ0) is 14.4. The third kappa shape index (κ3) is 3.74. The molecule has 0 aliphatic heterocycles. The van der Waals surface area contributed by atoms with Crippen LogP contribution in [0.5, 0.6) is 0 Å². The smallest absolute Gasteiger partial charge is 0.308 e. The lowest BCUT2D eigenvalue weighted by atomic mass is 10.1. The monoisotopic (exact) mass is 268 g/mol. The van der Waals surface area contributed by atoms with Crippen LogP contribution in [0.2, 0.25) is 0 Å². The quantitative estimate of drug-likeness (QED) is 0.384. The van der Waals surface area contributed by atoms with Crippen molar-refractivity contribution in [3.8, 4) is 12.3 Å². The fourth-order valence-corrected chi connectivity index (χ4v) is 1.36. The molecule has 0 aliphatic rings. The Balaban J connectivity index is 2.91. The molecule has 100 valence electrons. The SMILES string of the molecule is C#CCCCNC(=O)c1cc(F)cc([N+](=O)[O-])c1F. The van der Waals surface area contributed by atoms with Crippen LogP contribution in [-0.2, 0) is 0 Å². The van der Waals surface area contributed by atoms with E-state index < -0.39 is 33.7 Å². The highest BCUT2D eigenvalue weighted by atomic mass is 19.1. The number of nitrogens with one attached hydrogen (secondary N) is 1. The van der Waals surface area contributed by atoms with E-state index >= 15 is 0 Å². The van der Waals surface area contributed by atoms with Crippen molar-refractivity contribution in [3.05, 3.63) is 39.4 Å². The third-order valence-corrected chi connectivity index (χ3v) is 2.24. The molecule has 0 bridgehead atoms. The van der Waals surface area contributed by atoms with Crippen LogP contribution in [0.3, 0.4) is 0 Å². The van der Waals surface area contributed by atoms with E-state index in [1.807, 2.05) is 0 Å². The fraction of sp³-hybridized carbons (Fsp3) is 0.250. The van der Waals surface area contributed by atoms with E-state index in [1.165, 1.54) is 0 Å². The maximum atomic E-state index is 13.6. The number of hydrogen-bond donors (Lipinski definition) is 1. The highest BCUT2D eigenvalue weighted by Crippen LogP contribution is 2.22. The summed E-state index contributed by atoms with van der Waals surface area (Å²) in [6, 6.07) is 1.03. The molecule has 1 aromatic rings. The Bertz CT molecular complexity index is 553. The molecule has 1 amide bonds. The summed E-state index contributed by atoms with van der Waals surface area (Å²) in [5, 5.41) is 12.8. The second-order valence-corrected chi connectivity index (χ2v) is 3.61. The molecule has 0 aromatic heterocycles. The molecule has 0 saturated carbocycles. The molecule has 0 atom stereocenters. The van der Waals surface area contributed by atoms with Gasteiger partial charge in [-0.25, -0.2) is 4.39 Å². The number of nitrogens with zero attached hydrogens (tertiary/aromatic N) is 1. The summed E-state index contributed by atoms with van der Waals surface area (Å²) in [7, 11) is 0. The molecule has 0 heterocycles. The Kier molecular flexibility index (Phi) is 4.94. The Morgan fingerprint density at radius 1 is 1.47 bits per heavy atom. The molecule has 1 rings (SSSR count). The van der Waals surface area contributed by atoms with Crippen molar-refractivity contribution in [2.75, 3.05) is 6.54 Å². The van der Waals surface area contributed by atoms with E-state index in [9.17, 15) is 23.7 Å². The molecule has 19 heavy (non-hydrogen) atoms. The molecule has 0 unspecified atom stereocenters. The maximum absolute atomic E-state index is 13.6. The average molecular weight is 268 g/mol. The number of nitro groups is 1. The second kappa shape index (κ2) is 6.44. The molecule has 5 nitrogen and oxygen atoms in total. The minimum Gasteiger partial charge on any atom is -0.352 e. The summed E-state index contributed by atoms with van der Waals surface area (Å²) in [6.07, 6.45) is 5.90. The Labute approximate surface area is 107 Å². The highest BCUT2D eigenvalue weighted by molar-refractivity contribution is 5.95. The first-order valence-corrected chi connectivity index (χ1v) is 5.32. The van der Waals surface area contributed by atoms with Gasteiger partial charge in [-0.3, -0.25) is 14.9 Å². The predicted octanol–water partition coefficient (Wildman–Crippen LogP) is 2.02. The van der Waals surface area contributed by atoms with Crippen molar-refractivity contribution in [1.29, 1.82) is 0 Å². The van der Waals surface area contributed by atoms with Crippen molar-refractivity contribution < 1.29 is 18.5 Å². The van der Waals surface area contributed by atoms with Crippen LogP contribution < -0.4 is 5.32 Å². The first-order valence-electron chi connectivity index (χ1n) is 5.32. The van der Waals surface area contributed by atoms with E-state index in [0.717, 1.165) is 0 Å². The molecule has 0 fully saturated rings. The van der Waals surface area contributed by atoms with E-state index in [1.54, 1.807) is 0 Å². The van der Waals surface area contributed by atoms with E-state index in [0.29, 0.717) is 25.0 Å². The van der Waals surface area contributed by atoms with Gasteiger partial charge in [0.1, 0.15) is 5.82 Å².